The van der Waals surface area contributed by atoms with Gasteiger partial charge in [0.2, 0.25) is 6.36 Å². The number of nitrogens with two attached hydrogens (primary N) is 1. The summed E-state index contributed by atoms with van der Waals surface area (Å²) >= 11 is 0. The first-order valence-corrected chi connectivity index (χ1v) is 13.4. The van der Waals surface area contributed by atoms with Crippen LogP contribution in [0.5, 0.6) is 5.75 Å². The maximum Gasteiger partial charge on any atom is 0.416 e. The minimum absolute atomic E-state index is 0.0856. The number of hydrogen-bond donors (Lipinski definition) is 1. The lowest BCUT2D eigenvalue weighted by Gasteiger charge is -2.43. The van der Waals surface area contributed by atoms with Crippen molar-refractivity contribution in [2.75, 3.05) is 20.1 Å². The maximum absolute atomic E-state index is 13.8. The van der Waals surface area contributed by atoms with Crippen molar-refractivity contribution < 1.29 is 26.8 Å². The number of hydrogen-bond acceptors (Lipinski definition) is 2. The Bertz CT molecular complexity index is 926. The maximum atomic E-state index is 13.8. The van der Waals surface area contributed by atoms with E-state index in [0.717, 1.165) is 43.2 Å². The summed E-state index contributed by atoms with van der Waals surface area (Å²) in [5.41, 5.74) is 8.25. The van der Waals surface area contributed by atoms with E-state index in [9.17, 15) is 17.6 Å². The summed E-state index contributed by atoms with van der Waals surface area (Å²) in [5.74, 6) is -0.0856. The van der Waals surface area contributed by atoms with E-state index in [1.54, 1.807) is 6.92 Å². The molecule has 1 aliphatic heterocycles. The van der Waals surface area contributed by atoms with Gasteiger partial charge in [0.25, 0.3) is 0 Å². The summed E-state index contributed by atoms with van der Waals surface area (Å²) in [6.45, 7) is 12.7. The fourth-order valence-electron chi connectivity index (χ4n) is 4.73. The molecule has 0 amide bonds. The molecule has 3 nitrogen and oxygen atoms in total. The number of ether oxygens (including phenoxy) is 1. The van der Waals surface area contributed by atoms with E-state index in [4.69, 9.17) is 10.5 Å². The Morgan fingerprint density at radius 2 is 1.78 bits per heavy atom. The normalized spacial score (nSPS) is 24.4. The number of alkyl halides is 4. The standard InChI is InChI=1S/C23H31F4N2O.C7H16/c1-15-7-6-11-29(5,12-10-17(3)28)22(16(2)13-15)20-9-8-19(23(25,26)27)14-21(20)30-18(4)24;1-3-5-7-6-4-2/h7-10,13-14,18,22H,6,11-12,28H2,1-5H3;3-7H2,1-2H3/q+1;/b15-7-,16-13+,17-10+;. The Labute approximate surface area is 221 Å². The lowest BCUT2D eigenvalue weighted by Crippen LogP contribution is -2.49. The van der Waals surface area contributed by atoms with Crippen LogP contribution in [0.1, 0.15) is 97.2 Å². The van der Waals surface area contributed by atoms with Gasteiger partial charge in [0.15, 0.2) is 0 Å². The van der Waals surface area contributed by atoms with Crippen LogP contribution < -0.4 is 10.5 Å². The number of likely N-dealkylation sites (N-methyl/N-ethyl adjacent to an activating group) is 1. The van der Waals surface area contributed by atoms with E-state index in [2.05, 4.69) is 19.9 Å². The molecule has 2 rings (SSSR count). The smallest absolute Gasteiger partial charge is 0.416 e. The molecule has 210 valence electrons. The van der Waals surface area contributed by atoms with Crippen molar-refractivity contribution in [3.8, 4) is 5.75 Å². The molecule has 0 saturated heterocycles. The Morgan fingerprint density at radius 3 is 2.30 bits per heavy atom. The van der Waals surface area contributed by atoms with E-state index >= 15 is 0 Å². The summed E-state index contributed by atoms with van der Waals surface area (Å²) < 4.78 is 59.4. The van der Waals surface area contributed by atoms with Gasteiger partial charge in [-0.15, -0.1) is 0 Å². The Hall–Kier alpha value is -2.28. The molecular formula is C30H47F4N2O+. The summed E-state index contributed by atoms with van der Waals surface area (Å²) in [7, 11) is 2.04. The zero-order valence-corrected chi connectivity index (χ0v) is 23.7. The molecule has 1 heterocycles. The van der Waals surface area contributed by atoms with Crippen LogP contribution in [-0.2, 0) is 6.18 Å². The van der Waals surface area contributed by atoms with Crippen molar-refractivity contribution in [2.45, 2.75) is 98.6 Å². The average molecular weight is 528 g/mol. The molecule has 7 heteroatoms. The first kappa shape index (κ1) is 32.7. The predicted molar refractivity (Wildman–Crippen MR) is 146 cm³/mol. The van der Waals surface area contributed by atoms with Gasteiger partial charge in [-0.1, -0.05) is 63.7 Å². The highest BCUT2D eigenvalue weighted by Gasteiger charge is 2.39. The Morgan fingerprint density at radius 1 is 1.16 bits per heavy atom. The van der Waals surface area contributed by atoms with Gasteiger partial charge >= 0.3 is 6.18 Å². The third-order valence-corrected chi connectivity index (χ3v) is 6.58. The summed E-state index contributed by atoms with van der Waals surface area (Å²) in [6.07, 6.45) is 7.62. The third-order valence-electron chi connectivity index (χ3n) is 6.58. The number of halogens is 4. The van der Waals surface area contributed by atoms with Gasteiger partial charge in [-0.05, 0) is 50.6 Å². The number of benzene rings is 1. The zero-order chi connectivity index (χ0) is 28.2. The first-order valence-electron chi connectivity index (χ1n) is 13.4. The molecule has 0 radical (unpaired) electrons. The molecule has 37 heavy (non-hydrogen) atoms. The molecule has 0 bridgehead atoms. The van der Waals surface area contributed by atoms with E-state index in [1.165, 1.54) is 38.2 Å². The monoisotopic (exact) mass is 527 g/mol. The van der Waals surface area contributed by atoms with Crippen LogP contribution >= 0.6 is 0 Å². The topological polar surface area (TPSA) is 35.2 Å². The third kappa shape index (κ3) is 10.9. The lowest BCUT2D eigenvalue weighted by atomic mass is 9.91. The van der Waals surface area contributed by atoms with Crippen molar-refractivity contribution in [1.29, 1.82) is 0 Å². The van der Waals surface area contributed by atoms with Crippen LogP contribution in [0.4, 0.5) is 17.6 Å². The van der Waals surface area contributed by atoms with Crippen LogP contribution in [-0.4, -0.2) is 31.0 Å². The minimum Gasteiger partial charge on any atom is -0.460 e. The van der Waals surface area contributed by atoms with E-state index in [-0.39, 0.29) is 11.8 Å². The average Bonchev–Trinajstić information content (AvgIpc) is 2.78. The van der Waals surface area contributed by atoms with Crippen LogP contribution in [0.3, 0.4) is 0 Å². The van der Waals surface area contributed by atoms with E-state index < -0.39 is 18.1 Å². The number of quaternary nitrogens is 1. The van der Waals surface area contributed by atoms with Gasteiger partial charge < -0.3 is 15.0 Å². The fraction of sp³-hybridized carbons (Fsp3) is 0.600. The molecule has 0 spiro atoms. The highest BCUT2D eigenvalue weighted by Crippen LogP contribution is 2.43. The molecule has 0 saturated carbocycles. The van der Waals surface area contributed by atoms with Gasteiger partial charge in [-0.2, -0.15) is 13.2 Å². The lowest BCUT2D eigenvalue weighted by molar-refractivity contribution is -0.928. The Balaban J connectivity index is 0.000000856. The molecule has 0 aliphatic carbocycles. The number of nitrogens with zero attached hydrogens (tertiary/aromatic N) is 1. The molecule has 1 aromatic rings. The van der Waals surface area contributed by atoms with Gasteiger partial charge in [0.1, 0.15) is 11.8 Å². The van der Waals surface area contributed by atoms with Crippen molar-refractivity contribution in [3.63, 3.8) is 0 Å². The van der Waals surface area contributed by atoms with Crippen LogP contribution in [0.25, 0.3) is 0 Å². The van der Waals surface area contributed by atoms with Gasteiger partial charge in [0.05, 0.1) is 31.3 Å². The van der Waals surface area contributed by atoms with Crippen LogP contribution in [0.2, 0.25) is 0 Å². The number of allylic oxidation sites excluding steroid dienone is 3. The number of rotatable bonds is 9. The minimum atomic E-state index is -4.54. The molecule has 1 aliphatic rings. The zero-order valence-electron chi connectivity index (χ0n) is 23.7. The van der Waals surface area contributed by atoms with Crippen molar-refractivity contribution >= 4 is 0 Å². The van der Waals surface area contributed by atoms with E-state index in [1.807, 2.05) is 33.0 Å². The largest absolute Gasteiger partial charge is 0.460 e. The molecule has 0 fully saturated rings. The first-order chi connectivity index (χ1) is 17.2. The van der Waals surface area contributed by atoms with Crippen molar-refractivity contribution in [2.24, 2.45) is 5.73 Å². The second kappa shape index (κ2) is 15.2. The highest BCUT2D eigenvalue weighted by molar-refractivity contribution is 5.44. The molecule has 2 N–H and O–H groups in total. The Kier molecular flexibility index (Phi) is 13.5. The molecule has 3 unspecified atom stereocenters. The highest BCUT2D eigenvalue weighted by atomic mass is 19.4. The molecule has 3 atom stereocenters. The van der Waals surface area contributed by atoms with Crippen molar-refractivity contribution in [3.05, 3.63) is 64.4 Å². The molecular weight excluding hydrogens is 480 g/mol. The van der Waals surface area contributed by atoms with Gasteiger partial charge in [-0.3, -0.25) is 0 Å². The second-order valence-corrected chi connectivity index (χ2v) is 10.3. The SMILES string of the molecule is CC1=C/CC[N+](C)(C/C=C(\C)N)C(c2ccc(C(F)(F)F)cc2OC(C)F)\C(C)=C\1.CCCCCCC. The van der Waals surface area contributed by atoms with E-state index in [0.29, 0.717) is 22.3 Å². The van der Waals surface area contributed by atoms with Gasteiger partial charge in [0, 0.05) is 19.0 Å². The summed E-state index contributed by atoms with van der Waals surface area (Å²) in [5, 5.41) is 0. The fourth-order valence-corrected chi connectivity index (χ4v) is 4.73. The number of unbranched alkanes of at least 4 members (excludes halogenated alkanes) is 4. The van der Waals surface area contributed by atoms with Gasteiger partial charge in [-0.25, -0.2) is 4.39 Å². The molecule has 0 aromatic heterocycles. The van der Waals surface area contributed by atoms with Crippen molar-refractivity contribution in [1.82, 2.24) is 0 Å². The summed E-state index contributed by atoms with van der Waals surface area (Å²) in [6, 6.07) is 3.03. The summed E-state index contributed by atoms with van der Waals surface area (Å²) in [4.78, 5) is 0. The van der Waals surface area contributed by atoms with Crippen LogP contribution in [0.15, 0.2) is 53.3 Å². The van der Waals surface area contributed by atoms with Crippen LogP contribution in [0, 0.1) is 0 Å². The quantitative estimate of drug-likeness (QED) is 0.198. The molecule has 1 aromatic carbocycles. The second-order valence-electron chi connectivity index (χ2n) is 10.3. The predicted octanol–water partition coefficient (Wildman–Crippen LogP) is 9.02.